The van der Waals surface area contributed by atoms with Crippen molar-refractivity contribution in [2.24, 2.45) is 0 Å². The van der Waals surface area contributed by atoms with Gasteiger partial charge in [0.15, 0.2) is 5.58 Å². The smallest absolute Gasteiger partial charge is 0.254 e. The zero-order valence-electron chi connectivity index (χ0n) is 16.7. The molecule has 0 N–H and O–H groups in total. The van der Waals surface area contributed by atoms with E-state index < -0.39 is 0 Å². The standard InChI is InChI=1S/C22H25N3O3/c1-22(2)14-25(11-10-24(22)3)21(26)16-8-9-19-18(13-16)23-20(28-19)15-6-5-7-17(12-15)27-4/h5-9,12-13H,10-11,14H2,1-4H3. The lowest BCUT2D eigenvalue weighted by Gasteiger charge is -2.45. The molecule has 0 bridgehead atoms. The minimum atomic E-state index is -0.0363. The summed E-state index contributed by atoms with van der Waals surface area (Å²) in [6.45, 7) is 6.62. The Morgan fingerprint density at radius 1 is 1.18 bits per heavy atom. The van der Waals surface area contributed by atoms with Crippen molar-refractivity contribution in [1.29, 1.82) is 0 Å². The van der Waals surface area contributed by atoms with E-state index in [1.54, 1.807) is 7.11 Å². The van der Waals surface area contributed by atoms with Gasteiger partial charge in [-0.3, -0.25) is 9.69 Å². The minimum Gasteiger partial charge on any atom is -0.497 e. The maximum Gasteiger partial charge on any atom is 0.254 e. The van der Waals surface area contributed by atoms with E-state index in [1.807, 2.05) is 47.4 Å². The number of likely N-dealkylation sites (N-methyl/N-ethyl adjacent to an activating group) is 1. The number of nitrogens with zero attached hydrogens (tertiary/aromatic N) is 3. The van der Waals surface area contributed by atoms with E-state index in [9.17, 15) is 4.79 Å². The summed E-state index contributed by atoms with van der Waals surface area (Å²) < 4.78 is 11.2. The number of oxazole rings is 1. The van der Waals surface area contributed by atoms with Gasteiger partial charge in [-0.05, 0) is 57.3 Å². The number of methoxy groups -OCH3 is 1. The van der Waals surface area contributed by atoms with Crippen molar-refractivity contribution >= 4 is 17.0 Å². The molecule has 2 heterocycles. The third-order valence-corrected chi connectivity index (χ3v) is 5.55. The fourth-order valence-corrected chi connectivity index (χ4v) is 3.54. The number of ether oxygens (including phenoxy) is 1. The first kappa shape index (κ1) is 18.5. The molecule has 2 aromatic carbocycles. The van der Waals surface area contributed by atoms with Crippen LogP contribution in [0.1, 0.15) is 24.2 Å². The van der Waals surface area contributed by atoms with E-state index in [0.29, 0.717) is 29.1 Å². The summed E-state index contributed by atoms with van der Waals surface area (Å²) >= 11 is 0. The average Bonchev–Trinajstić information content (AvgIpc) is 3.13. The van der Waals surface area contributed by atoms with Gasteiger partial charge >= 0.3 is 0 Å². The molecule has 0 radical (unpaired) electrons. The number of amides is 1. The van der Waals surface area contributed by atoms with E-state index in [-0.39, 0.29) is 11.4 Å². The fourth-order valence-electron chi connectivity index (χ4n) is 3.54. The van der Waals surface area contributed by atoms with Crippen LogP contribution in [0.3, 0.4) is 0 Å². The van der Waals surface area contributed by atoms with Crippen LogP contribution >= 0.6 is 0 Å². The first-order valence-electron chi connectivity index (χ1n) is 9.43. The lowest BCUT2D eigenvalue weighted by atomic mass is 9.99. The zero-order chi connectivity index (χ0) is 19.9. The molecule has 6 heteroatoms. The molecular weight excluding hydrogens is 354 g/mol. The van der Waals surface area contributed by atoms with Crippen LogP contribution in [0, 0.1) is 0 Å². The Morgan fingerprint density at radius 3 is 2.75 bits per heavy atom. The number of rotatable bonds is 3. The highest BCUT2D eigenvalue weighted by atomic mass is 16.5. The van der Waals surface area contributed by atoms with Crippen LogP contribution in [-0.2, 0) is 0 Å². The molecular formula is C22H25N3O3. The molecule has 0 spiro atoms. The number of carbonyl (C=O) groups is 1. The molecule has 0 atom stereocenters. The summed E-state index contributed by atoms with van der Waals surface area (Å²) in [5, 5.41) is 0. The quantitative estimate of drug-likeness (QED) is 0.695. The lowest BCUT2D eigenvalue weighted by molar-refractivity contribution is 0.0311. The van der Waals surface area contributed by atoms with Crippen molar-refractivity contribution < 1.29 is 13.9 Å². The van der Waals surface area contributed by atoms with Crippen molar-refractivity contribution in [3.63, 3.8) is 0 Å². The van der Waals surface area contributed by atoms with Crippen LogP contribution in [0.4, 0.5) is 0 Å². The largest absolute Gasteiger partial charge is 0.497 e. The molecule has 1 aliphatic heterocycles. The number of benzene rings is 2. The van der Waals surface area contributed by atoms with Gasteiger partial charge in [-0.1, -0.05) is 6.07 Å². The van der Waals surface area contributed by atoms with Gasteiger partial charge in [0, 0.05) is 36.3 Å². The van der Waals surface area contributed by atoms with Crippen molar-refractivity contribution in [3.05, 3.63) is 48.0 Å². The molecule has 3 aromatic rings. The summed E-state index contributed by atoms with van der Waals surface area (Å²) in [5.41, 5.74) is 2.78. The van der Waals surface area contributed by atoms with Crippen molar-refractivity contribution in [1.82, 2.24) is 14.8 Å². The predicted octanol–water partition coefficient (Wildman–Crippen LogP) is 3.67. The molecule has 4 rings (SSSR count). The van der Waals surface area contributed by atoms with Gasteiger partial charge in [-0.15, -0.1) is 0 Å². The lowest BCUT2D eigenvalue weighted by Crippen LogP contribution is -2.58. The Morgan fingerprint density at radius 2 is 2.00 bits per heavy atom. The van der Waals surface area contributed by atoms with Gasteiger partial charge in [0.2, 0.25) is 5.89 Å². The molecule has 1 saturated heterocycles. The van der Waals surface area contributed by atoms with Crippen LogP contribution in [0.25, 0.3) is 22.6 Å². The van der Waals surface area contributed by atoms with E-state index in [1.165, 1.54) is 0 Å². The van der Waals surface area contributed by atoms with Crippen LogP contribution in [-0.4, -0.2) is 60.0 Å². The summed E-state index contributed by atoms with van der Waals surface area (Å²) in [6.07, 6.45) is 0. The first-order valence-corrected chi connectivity index (χ1v) is 9.43. The normalized spacial score (nSPS) is 17.1. The van der Waals surface area contributed by atoms with E-state index in [2.05, 4.69) is 30.8 Å². The van der Waals surface area contributed by atoms with Crippen LogP contribution in [0.5, 0.6) is 5.75 Å². The topological polar surface area (TPSA) is 58.8 Å². The van der Waals surface area contributed by atoms with Crippen LogP contribution < -0.4 is 4.74 Å². The second kappa shape index (κ2) is 6.95. The second-order valence-corrected chi connectivity index (χ2v) is 7.89. The maximum absolute atomic E-state index is 13.0. The third-order valence-electron chi connectivity index (χ3n) is 5.55. The summed E-state index contributed by atoms with van der Waals surface area (Å²) in [7, 11) is 3.73. The van der Waals surface area contributed by atoms with E-state index in [0.717, 1.165) is 24.4 Å². The van der Waals surface area contributed by atoms with E-state index in [4.69, 9.17) is 9.15 Å². The van der Waals surface area contributed by atoms with Crippen LogP contribution in [0.15, 0.2) is 46.9 Å². The number of hydrogen-bond acceptors (Lipinski definition) is 5. The summed E-state index contributed by atoms with van der Waals surface area (Å²) in [5.74, 6) is 1.29. The molecule has 0 aliphatic carbocycles. The Hall–Kier alpha value is -2.86. The zero-order valence-corrected chi connectivity index (χ0v) is 16.7. The molecule has 1 aromatic heterocycles. The highest BCUT2D eigenvalue weighted by Gasteiger charge is 2.33. The Kier molecular flexibility index (Phi) is 4.59. The first-order chi connectivity index (χ1) is 13.4. The number of piperazine rings is 1. The molecule has 28 heavy (non-hydrogen) atoms. The Balaban J connectivity index is 1.62. The summed E-state index contributed by atoms with van der Waals surface area (Å²) in [4.78, 5) is 21.8. The van der Waals surface area contributed by atoms with Crippen molar-refractivity contribution in [3.8, 4) is 17.2 Å². The average molecular weight is 379 g/mol. The maximum atomic E-state index is 13.0. The molecule has 146 valence electrons. The predicted molar refractivity (Wildman–Crippen MR) is 109 cm³/mol. The molecule has 1 amide bonds. The number of hydrogen-bond donors (Lipinski definition) is 0. The van der Waals surface area contributed by atoms with Gasteiger partial charge < -0.3 is 14.1 Å². The molecule has 1 fully saturated rings. The monoisotopic (exact) mass is 379 g/mol. The molecule has 6 nitrogen and oxygen atoms in total. The third kappa shape index (κ3) is 3.36. The highest BCUT2D eigenvalue weighted by Crippen LogP contribution is 2.28. The van der Waals surface area contributed by atoms with Gasteiger partial charge in [0.05, 0.1) is 7.11 Å². The Labute approximate surface area is 164 Å². The molecule has 0 unspecified atom stereocenters. The minimum absolute atomic E-state index is 0.0361. The van der Waals surface area contributed by atoms with Gasteiger partial charge in [-0.2, -0.15) is 0 Å². The van der Waals surface area contributed by atoms with Gasteiger partial charge in [0.1, 0.15) is 11.3 Å². The number of fused-ring (bicyclic) bond motifs is 1. The van der Waals surface area contributed by atoms with Crippen molar-refractivity contribution in [2.45, 2.75) is 19.4 Å². The van der Waals surface area contributed by atoms with E-state index >= 15 is 0 Å². The molecule has 0 saturated carbocycles. The van der Waals surface area contributed by atoms with Crippen LogP contribution in [0.2, 0.25) is 0 Å². The fraction of sp³-hybridized carbons (Fsp3) is 0.364. The van der Waals surface area contributed by atoms with Crippen molar-refractivity contribution in [2.75, 3.05) is 33.8 Å². The summed E-state index contributed by atoms with van der Waals surface area (Å²) in [6, 6.07) is 13.0. The Bertz CT molecular complexity index is 1020. The number of carbonyl (C=O) groups excluding carboxylic acids is 1. The second-order valence-electron chi connectivity index (χ2n) is 7.89. The van der Waals surface area contributed by atoms with Gasteiger partial charge in [0.25, 0.3) is 5.91 Å². The van der Waals surface area contributed by atoms with Gasteiger partial charge in [-0.25, -0.2) is 4.98 Å². The molecule has 1 aliphatic rings. The number of aromatic nitrogens is 1. The SMILES string of the molecule is COc1cccc(-c2nc3cc(C(=O)N4CCN(C)C(C)(C)C4)ccc3o2)c1. The highest BCUT2D eigenvalue weighted by molar-refractivity contribution is 5.97.